The van der Waals surface area contributed by atoms with Gasteiger partial charge in [0.25, 0.3) is 0 Å². The van der Waals surface area contributed by atoms with Crippen LogP contribution >= 0.6 is 0 Å². The Balaban J connectivity index is 2.23. The van der Waals surface area contributed by atoms with Crippen molar-refractivity contribution in [1.29, 1.82) is 0 Å². The van der Waals surface area contributed by atoms with Crippen molar-refractivity contribution in [2.24, 2.45) is 12.9 Å². The summed E-state index contributed by atoms with van der Waals surface area (Å²) in [5, 5.41) is 4.47. The Morgan fingerprint density at radius 1 is 1.45 bits per heavy atom. The zero-order chi connectivity index (χ0) is 14.5. The summed E-state index contributed by atoms with van der Waals surface area (Å²) in [7, 11) is 3.61. The Labute approximate surface area is 119 Å². The van der Waals surface area contributed by atoms with Crippen molar-refractivity contribution < 1.29 is 4.74 Å². The minimum atomic E-state index is 0.0470. The molecule has 0 radical (unpaired) electrons. The third-order valence-corrected chi connectivity index (χ3v) is 3.42. The van der Waals surface area contributed by atoms with Gasteiger partial charge in [0.2, 0.25) is 0 Å². The van der Waals surface area contributed by atoms with Gasteiger partial charge in [0.1, 0.15) is 5.75 Å². The molecule has 2 rings (SSSR count). The number of hydrazine groups is 1. The SMILES string of the molecule is CCc1nn(C)cc1C(Cc1cccc(OC)c1)NN. The van der Waals surface area contributed by atoms with E-state index in [4.69, 9.17) is 10.6 Å². The summed E-state index contributed by atoms with van der Waals surface area (Å²) >= 11 is 0. The lowest BCUT2D eigenvalue weighted by Gasteiger charge is -2.16. The summed E-state index contributed by atoms with van der Waals surface area (Å²) in [6, 6.07) is 8.09. The van der Waals surface area contributed by atoms with Gasteiger partial charge in [-0.05, 0) is 30.5 Å². The Kier molecular flexibility index (Phi) is 4.76. The molecule has 2 aromatic rings. The number of ether oxygens (including phenoxy) is 1. The lowest BCUT2D eigenvalue weighted by atomic mass is 9.99. The zero-order valence-corrected chi connectivity index (χ0v) is 12.3. The predicted molar refractivity (Wildman–Crippen MR) is 79.3 cm³/mol. The van der Waals surface area contributed by atoms with E-state index in [1.807, 2.05) is 36.1 Å². The average molecular weight is 274 g/mol. The molecular weight excluding hydrogens is 252 g/mol. The number of methoxy groups -OCH3 is 1. The maximum absolute atomic E-state index is 5.74. The van der Waals surface area contributed by atoms with Gasteiger partial charge in [0.05, 0.1) is 18.8 Å². The molecular formula is C15H22N4O. The Hall–Kier alpha value is -1.85. The van der Waals surface area contributed by atoms with Crippen LogP contribution in [0.4, 0.5) is 0 Å². The lowest BCUT2D eigenvalue weighted by Crippen LogP contribution is -2.30. The molecule has 3 N–H and O–H groups in total. The molecule has 108 valence electrons. The number of nitrogens with zero attached hydrogens (tertiary/aromatic N) is 2. The van der Waals surface area contributed by atoms with Gasteiger partial charge in [-0.15, -0.1) is 0 Å². The van der Waals surface area contributed by atoms with Gasteiger partial charge in [-0.25, -0.2) is 0 Å². The molecule has 0 saturated carbocycles. The summed E-state index contributed by atoms with van der Waals surface area (Å²) in [6.07, 6.45) is 3.72. The maximum atomic E-state index is 5.74. The fourth-order valence-electron chi connectivity index (χ4n) is 2.41. The lowest BCUT2D eigenvalue weighted by molar-refractivity contribution is 0.414. The highest BCUT2D eigenvalue weighted by molar-refractivity contribution is 5.31. The minimum absolute atomic E-state index is 0.0470. The summed E-state index contributed by atoms with van der Waals surface area (Å²) < 4.78 is 7.09. The molecule has 0 amide bonds. The van der Waals surface area contributed by atoms with Crippen LogP contribution in [0.3, 0.4) is 0 Å². The van der Waals surface area contributed by atoms with Crippen LogP contribution in [0.25, 0.3) is 0 Å². The van der Waals surface area contributed by atoms with Gasteiger partial charge in [-0.1, -0.05) is 19.1 Å². The van der Waals surface area contributed by atoms with Crippen LogP contribution in [0.15, 0.2) is 30.5 Å². The molecule has 0 bridgehead atoms. The first-order valence-corrected chi connectivity index (χ1v) is 6.79. The monoisotopic (exact) mass is 274 g/mol. The van der Waals surface area contributed by atoms with Crippen molar-refractivity contribution in [3.05, 3.63) is 47.3 Å². The molecule has 0 fully saturated rings. The van der Waals surface area contributed by atoms with Crippen molar-refractivity contribution >= 4 is 0 Å². The Morgan fingerprint density at radius 2 is 2.25 bits per heavy atom. The van der Waals surface area contributed by atoms with Crippen molar-refractivity contribution in [1.82, 2.24) is 15.2 Å². The van der Waals surface area contributed by atoms with Crippen molar-refractivity contribution in [3.8, 4) is 5.75 Å². The molecule has 1 aromatic heterocycles. The quantitative estimate of drug-likeness (QED) is 0.622. The number of benzene rings is 1. The molecule has 5 nitrogen and oxygen atoms in total. The topological polar surface area (TPSA) is 65.1 Å². The summed E-state index contributed by atoms with van der Waals surface area (Å²) in [4.78, 5) is 0. The second kappa shape index (κ2) is 6.54. The van der Waals surface area contributed by atoms with Crippen molar-refractivity contribution in [3.63, 3.8) is 0 Å². The third kappa shape index (κ3) is 3.18. The molecule has 0 aliphatic carbocycles. The van der Waals surface area contributed by atoms with Crippen LogP contribution in [-0.4, -0.2) is 16.9 Å². The molecule has 1 heterocycles. The number of aromatic nitrogens is 2. The van der Waals surface area contributed by atoms with Crippen LogP contribution in [-0.2, 0) is 19.9 Å². The first kappa shape index (κ1) is 14.6. The molecule has 5 heteroatoms. The van der Waals surface area contributed by atoms with Crippen LogP contribution < -0.4 is 16.0 Å². The molecule has 0 spiro atoms. The fraction of sp³-hybridized carbons (Fsp3) is 0.400. The van der Waals surface area contributed by atoms with E-state index in [-0.39, 0.29) is 6.04 Å². The summed E-state index contributed by atoms with van der Waals surface area (Å²) in [5.74, 6) is 6.60. The van der Waals surface area contributed by atoms with Gasteiger partial charge in [-0.2, -0.15) is 5.10 Å². The van der Waals surface area contributed by atoms with Crippen LogP contribution in [0, 0.1) is 0 Å². The third-order valence-electron chi connectivity index (χ3n) is 3.42. The highest BCUT2D eigenvalue weighted by atomic mass is 16.5. The number of aryl methyl sites for hydroxylation is 2. The number of hydrogen-bond donors (Lipinski definition) is 2. The van der Waals surface area contributed by atoms with Crippen LogP contribution in [0.2, 0.25) is 0 Å². The van der Waals surface area contributed by atoms with Crippen LogP contribution in [0.1, 0.15) is 29.8 Å². The number of rotatable bonds is 6. The van der Waals surface area contributed by atoms with Gasteiger partial charge < -0.3 is 4.74 Å². The number of nitrogens with one attached hydrogen (secondary N) is 1. The molecule has 1 unspecified atom stereocenters. The summed E-state index contributed by atoms with van der Waals surface area (Å²) in [5.41, 5.74) is 6.31. The maximum Gasteiger partial charge on any atom is 0.119 e. The standard InChI is InChI=1S/C15H22N4O/c1-4-14-13(10-19(2)18-14)15(17-16)9-11-6-5-7-12(8-11)20-3/h5-8,10,15,17H,4,9,16H2,1-3H3. The largest absolute Gasteiger partial charge is 0.497 e. The van der Waals surface area contributed by atoms with E-state index in [0.29, 0.717) is 0 Å². The first-order valence-electron chi connectivity index (χ1n) is 6.79. The van der Waals surface area contributed by atoms with E-state index in [1.54, 1.807) is 7.11 Å². The Bertz CT molecular complexity index is 565. The fourth-order valence-corrected chi connectivity index (χ4v) is 2.41. The Morgan fingerprint density at radius 3 is 2.90 bits per heavy atom. The van der Waals surface area contributed by atoms with Gasteiger partial charge >= 0.3 is 0 Å². The van der Waals surface area contributed by atoms with Gasteiger partial charge in [-0.3, -0.25) is 16.0 Å². The molecule has 0 aliphatic rings. The van der Waals surface area contributed by atoms with E-state index in [0.717, 1.165) is 29.8 Å². The van der Waals surface area contributed by atoms with E-state index in [9.17, 15) is 0 Å². The molecule has 0 saturated heterocycles. The summed E-state index contributed by atoms with van der Waals surface area (Å²) in [6.45, 7) is 2.10. The highest BCUT2D eigenvalue weighted by Crippen LogP contribution is 2.23. The number of nitrogens with two attached hydrogens (primary N) is 1. The first-order chi connectivity index (χ1) is 9.67. The minimum Gasteiger partial charge on any atom is -0.497 e. The van der Waals surface area contributed by atoms with Gasteiger partial charge in [0.15, 0.2) is 0 Å². The second-order valence-corrected chi connectivity index (χ2v) is 4.83. The van der Waals surface area contributed by atoms with E-state index < -0.39 is 0 Å². The highest BCUT2D eigenvalue weighted by Gasteiger charge is 2.17. The molecule has 0 aliphatic heterocycles. The predicted octanol–water partition coefficient (Wildman–Crippen LogP) is 1.74. The van der Waals surface area contributed by atoms with E-state index in [1.165, 1.54) is 5.56 Å². The normalized spacial score (nSPS) is 12.4. The molecule has 1 aromatic carbocycles. The van der Waals surface area contributed by atoms with Crippen molar-refractivity contribution in [2.45, 2.75) is 25.8 Å². The average Bonchev–Trinajstić information content (AvgIpc) is 2.86. The zero-order valence-electron chi connectivity index (χ0n) is 12.3. The number of hydrogen-bond acceptors (Lipinski definition) is 4. The smallest absolute Gasteiger partial charge is 0.119 e. The van der Waals surface area contributed by atoms with E-state index in [2.05, 4.69) is 23.5 Å². The van der Waals surface area contributed by atoms with E-state index >= 15 is 0 Å². The molecule has 20 heavy (non-hydrogen) atoms. The van der Waals surface area contributed by atoms with Gasteiger partial charge in [0, 0.05) is 18.8 Å². The second-order valence-electron chi connectivity index (χ2n) is 4.83. The van der Waals surface area contributed by atoms with Crippen LogP contribution in [0.5, 0.6) is 5.75 Å². The van der Waals surface area contributed by atoms with Crippen molar-refractivity contribution in [2.75, 3.05) is 7.11 Å². The molecule has 1 atom stereocenters.